The van der Waals surface area contributed by atoms with Crippen molar-refractivity contribution in [3.05, 3.63) is 163 Å². The Morgan fingerprint density at radius 2 is 0.977 bits per heavy atom. The summed E-state index contributed by atoms with van der Waals surface area (Å²) in [6, 6.07) is 50.7. The molecule has 0 amide bonds. The Hall–Kier alpha value is -5.66. The highest BCUT2D eigenvalue weighted by Crippen LogP contribution is 2.35. The zero-order chi connectivity index (χ0) is 29.6. The molecule has 0 aliphatic heterocycles. The van der Waals surface area contributed by atoms with Gasteiger partial charge in [0.05, 0.1) is 11.0 Å². The second-order valence-electron chi connectivity index (χ2n) is 11.4. The zero-order valence-corrected chi connectivity index (χ0v) is 24.7. The third-order valence-corrected chi connectivity index (χ3v) is 8.87. The molecule has 6 aromatic carbocycles. The van der Waals surface area contributed by atoms with E-state index in [4.69, 9.17) is 0 Å². The van der Waals surface area contributed by atoms with E-state index >= 15 is 0 Å². The molecule has 8 rings (SSSR count). The molecule has 0 spiro atoms. The summed E-state index contributed by atoms with van der Waals surface area (Å²) in [5.41, 5.74) is 12.3. The Morgan fingerprint density at radius 3 is 1.61 bits per heavy atom. The van der Waals surface area contributed by atoms with Crippen molar-refractivity contribution in [2.24, 2.45) is 0 Å². The van der Waals surface area contributed by atoms with Gasteiger partial charge in [0.15, 0.2) is 0 Å². The van der Waals surface area contributed by atoms with E-state index in [-0.39, 0.29) is 0 Å². The third-order valence-electron chi connectivity index (χ3n) is 8.87. The van der Waals surface area contributed by atoms with E-state index in [0.717, 1.165) is 0 Å². The molecule has 0 saturated carbocycles. The second kappa shape index (κ2) is 10.6. The maximum absolute atomic E-state index is 3.96. The lowest BCUT2D eigenvalue weighted by atomic mass is 9.95. The summed E-state index contributed by atoms with van der Waals surface area (Å²) >= 11 is 0. The topological polar surface area (TPSA) is 4.41 Å². The van der Waals surface area contributed by atoms with Crippen molar-refractivity contribution < 1.29 is 0 Å². The summed E-state index contributed by atoms with van der Waals surface area (Å²) < 4.78 is 2.41. The van der Waals surface area contributed by atoms with E-state index in [1.54, 1.807) is 0 Å². The number of fused-ring (bicyclic) bond motifs is 3. The molecule has 0 fully saturated rings. The van der Waals surface area contributed by atoms with E-state index in [2.05, 4.69) is 170 Å². The molecule has 2 heterocycles. The summed E-state index contributed by atoms with van der Waals surface area (Å²) in [6.07, 6.45) is 6.21. The first-order valence-electron chi connectivity index (χ1n) is 15.2. The minimum Gasteiger partial charge on any atom is -0.308 e. The molecule has 44 heavy (non-hydrogen) atoms. The van der Waals surface area contributed by atoms with Gasteiger partial charge in [-0.3, -0.25) is 0 Å². The van der Waals surface area contributed by atoms with Crippen LogP contribution in [0, 0.1) is 0 Å². The Morgan fingerprint density at radius 1 is 0.477 bits per heavy atom. The lowest BCUT2D eigenvalue weighted by Crippen LogP contribution is -2.25. The maximum atomic E-state index is 3.96. The fourth-order valence-corrected chi connectivity index (χ4v) is 6.79. The fourth-order valence-electron chi connectivity index (χ4n) is 6.79. The molecule has 0 atom stereocenters. The largest absolute Gasteiger partial charge is 0.308 e. The summed E-state index contributed by atoms with van der Waals surface area (Å²) in [5, 5.41) is 6.28. The van der Waals surface area contributed by atoms with Crippen molar-refractivity contribution in [3.63, 3.8) is 0 Å². The number of hydrogen-bond donors (Lipinski definition) is 0. The number of para-hydroxylation sites is 1. The molecule has 0 N–H and O–H groups in total. The zero-order valence-electron chi connectivity index (χ0n) is 24.7. The fraction of sp³-hybridized carbons (Fsp3) is 0.0233. The van der Waals surface area contributed by atoms with Gasteiger partial charge in [-0.1, -0.05) is 140 Å². The van der Waals surface area contributed by atoms with Gasteiger partial charge in [0.25, 0.3) is 0 Å². The molecule has 208 valence electrons. The van der Waals surface area contributed by atoms with Gasteiger partial charge in [-0.2, -0.15) is 0 Å². The van der Waals surface area contributed by atoms with Crippen LogP contribution in [0.1, 0.15) is 6.92 Å². The van der Waals surface area contributed by atoms with Gasteiger partial charge >= 0.3 is 0 Å². The first kappa shape index (κ1) is 26.0. The van der Waals surface area contributed by atoms with Crippen LogP contribution in [0.4, 0.5) is 0 Å². The monoisotopic (exact) mass is 561 g/mol. The van der Waals surface area contributed by atoms with Crippen LogP contribution in [0.5, 0.6) is 0 Å². The summed E-state index contributed by atoms with van der Waals surface area (Å²) in [6.45, 7) is 6.08. The van der Waals surface area contributed by atoms with Crippen LogP contribution in [0.3, 0.4) is 0 Å². The molecular formula is C43H31N. The summed E-state index contributed by atoms with van der Waals surface area (Å²) in [7, 11) is 0. The van der Waals surface area contributed by atoms with Gasteiger partial charge in [-0.15, -0.1) is 0 Å². The lowest BCUT2D eigenvalue weighted by Gasteiger charge is -2.10. The number of rotatable bonds is 5. The van der Waals surface area contributed by atoms with E-state index in [9.17, 15) is 0 Å². The second-order valence-corrected chi connectivity index (χ2v) is 11.4. The minimum absolute atomic E-state index is 1.21. The van der Waals surface area contributed by atoms with Crippen LogP contribution >= 0.6 is 0 Å². The Kier molecular flexibility index (Phi) is 6.24. The number of nitrogens with zero attached hydrogens (tertiary/aromatic N) is 1. The van der Waals surface area contributed by atoms with Gasteiger partial charge in [-0.25, -0.2) is 0 Å². The van der Waals surface area contributed by atoms with Gasteiger partial charge in [0.2, 0.25) is 0 Å². The van der Waals surface area contributed by atoms with Crippen LogP contribution < -0.4 is 10.6 Å². The first-order valence-corrected chi connectivity index (χ1v) is 15.2. The molecule has 0 aliphatic carbocycles. The maximum Gasteiger partial charge on any atom is 0.0620 e. The Bertz CT molecular complexity index is 2440. The normalized spacial score (nSPS) is 12.6. The standard InChI is InChI=1S/C43H31N/c1-3-11-37-38-18-10-19-39-40-28-36(24-25-42(40)44(43(38)39)41(37)4-2)35-17-9-16-34(27-35)33-15-8-14-32(26-33)31-22-20-30(21-23-31)29-12-6-5-7-13-29/h3-28H,1H2,2H3/b37-11-,41-4+. The van der Waals surface area contributed by atoms with Crippen molar-refractivity contribution in [2.45, 2.75) is 6.92 Å². The van der Waals surface area contributed by atoms with Gasteiger partial charge in [0, 0.05) is 26.7 Å². The van der Waals surface area contributed by atoms with Crippen LogP contribution in [0.15, 0.2) is 152 Å². The molecule has 0 aliphatic rings. The van der Waals surface area contributed by atoms with E-state index < -0.39 is 0 Å². The first-order chi connectivity index (χ1) is 21.7. The average molecular weight is 562 g/mol. The van der Waals surface area contributed by atoms with E-state index in [1.807, 2.05) is 6.08 Å². The predicted molar refractivity (Wildman–Crippen MR) is 189 cm³/mol. The van der Waals surface area contributed by atoms with Crippen molar-refractivity contribution in [3.8, 4) is 44.5 Å². The highest BCUT2D eigenvalue weighted by Gasteiger charge is 2.16. The molecule has 0 radical (unpaired) electrons. The molecular weight excluding hydrogens is 530 g/mol. The van der Waals surface area contributed by atoms with Crippen molar-refractivity contribution in [1.29, 1.82) is 0 Å². The number of allylic oxidation sites excluding steroid dienone is 1. The minimum atomic E-state index is 1.21. The molecule has 0 unspecified atom stereocenters. The molecule has 0 bridgehead atoms. The van der Waals surface area contributed by atoms with Crippen LogP contribution in [0.25, 0.3) is 83.9 Å². The van der Waals surface area contributed by atoms with Gasteiger partial charge in [-0.05, 0) is 75.7 Å². The highest BCUT2D eigenvalue weighted by molar-refractivity contribution is 6.15. The number of hydrogen-bond acceptors (Lipinski definition) is 0. The van der Waals surface area contributed by atoms with Crippen LogP contribution in [-0.4, -0.2) is 4.40 Å². The Labute approximate surface area is 257 Å². The van der Waals surface area contributed by atoms with E-state index in [0.29, 0.717) is 0 Å². The van der Waals surface area contributed by atoms with Crippen LogP contribution in [-0.2, 0) is 0 Å². The molecule has 1 nitrogen and oxygen atoms in total. The molecule has 8 aromatic rings. The van der Waals surface area contributed by atoms with Crippen LogP contribution in [0.2, 0.25) is 0 Å². The quantitative estimate of drug-likeness (QED) is 0.197. The number of benzene rings is 6. The van der Waals surface area contributed by atoms with Crippen molar-refractivity contribution in [2.75, 3.05) is 0 Å². The smallest absolute Gasteiger partial charge is 0.0620 e. The highest BCUT2D eigenvalue weighted by atomic mass is 14.9. The van der Waals surface area contributed by atoms with E-state index in [1.165, 1.54) is 82.3 Å². The summed E-state index contributed by atoms with van der Waals surface area (Å²) in [4.78, 5) is 0. The predicted octanol–water partition coefficient (Wildman–Crippen LogP) is 10.1. The SMILES string of the molecule is C=C/C=c1\c(=C/C)n2c3ccc(-c4cccc(-c5cccc(-c6ccc(-c7ccccc7)cc6)c5)c4)cc3c3cccc1c32. The third kappa shape index (κ3) is 4.17. The lowest BCUT2D eigenvalue weighted by molar-refractivity contribution is 1.21. The van der Waals surface area contributed by atoms with Crippen molar-refractivity contribution in [1.82, 2.24) is 4.40 Å². The van der Waals surface area contributed by atoms with Gasteiger partial charge in [0.1, 0.15) is 0 Å². The summed E-state index contributed by atoms with van der Waals surface area (Å²) in [5.74, 6) is 0. The average Bonchev–Trinajstić information content (AvgIpc) is 3.60. The molecule has 1 heteroatoms. The Balaban J connectivity index is 1.18. The van der Waals surface area contributed by atoms with Gasteiger partial charge < -0.3 is 4.40 Å². The molecule has 2 aromatic heterocycles. The molecule has 0 saturated heterocycles. The number of aromatic nitrogens is 1. The van der Waals surface area contributed by atoms with Crippen molar-refractivity contribution >= 4 is 39.3 Å².